The Labute approximate surface area is 165 Å². The van der Waals surface area contributed by atoms with Crippen molar-refractivity contribution in [2.45, 2.75) is 49.6 Å². The van der Waals surface area contributed by atoms with Crippen LogP contribution in [0.4, 0.5) is 0 Å². The van der Waals surface area contributed by atoms with Gasteiger partial charge in [0.2, 0.25) is 20.0 Å². The molecule has 3 rings (SSSR count). The predicted octanol–water partition coefficient (Wildman–Crippen LogP) is 2.27. The van der Waals surface area contributed by atoms with Crippen LogP contribution in [-0.2, 0) is 20.0 Å². The molecule has 0 saturated heterocycles. The van der Waals surface area contributed by atoms with Crippen molar-refractivity contribution in [1.82, 2.24) is 9.44 Å². The van der Waals surface area contributed by atoms with E-state index in [9.17, 15) is 21.6 Å². The average Bonchev–Trinajstić information content (AvgIpc) is 2.85. The van der Waals surface area contributed by atoms with Crippen LogP contribution in [0.1, 0.15) is 43.6 Å². The molecule has 0 radical (unpaired) electrons. The fourth-order valence-corrected chi connectivity index (χ4v) is 5.68. The Morgan fingerprint density at radius 3 is 1.32 bits per heavy atom. The third-order valence-corrected chi connectivity index (χ3v) is 7.48. The minimum atomic E-state index is -3.74. The summed E-state index contributed by atoms with van der Waals surface area (Å²) < 4.78 is 54.6. The van der Waals surface area contributed by atoms with Crippen LogP contribution >= 0.6 is 0 Å². The molecule has 28 heavy (non-hydrogen) atoms. The maximum Gasteiger partial charge on any atom is 0.240 e. The van der Waals surface area contributed by atoms with Crippen LogP contribution in [0.5, 0.6) is 0 Å². The summed E-state index contributed by atoms with van der Waals surface area (Å²) in [5.74, 6) is -0.395. The molecular formula is C19H22N2O5S2. The second kappa shape index (κ2) is 7.07. The Bertz CT molecular complexity index is 1080. The van der Waals surface area contributed by atoms with E-state index in [2.05, 4.69) is 9.44 Å². The van der Waals surface area contributed by atoms with Crippen molar-refractivity contribution in [2.75, 3.05) is 0 Å². The average molecular weight is 423 g/mol. The van der Waals surface area contributed by atoms with Crippen LogP contribution in [0.25, 0.3) is 11.1 Å². The lowest BCUT2D eigenvalue weighted by atomic mass is 10.1. The van der Waals surface area contributed by atoms with E-state index in [0.29, 0.717) is 11.1 Å². The number of rotatable bonds is 6. The molecule has 0 spiro atoms. The van der Waals surface area contributed by atoms with Gasteiger partial charge in [-0.1, -0.05) is 12.1 Å². The van der Waals surface area contributed by atoms with Crippen LogP contribution in [0.2, 0.25) is 0 Å². The Hall–Kier alpha value is -2.07. The summed E-state index contributed by atoms with van der Waals surface area (Å²) in [7, 11) is -7.49. The first-order chi connectivity index (χ1) is 12.9. The molecule has 0 bridgehead atoms. The van der Waals surface area contributed by atoms with Crippen molar-refractivity contribution in [1.29, 1.82) is 0 Å². The fraction of sp³-hybridized carbons (Fsp3) is 0.316. The molecule has 0 aliphatic heterocycles. The summed E-state index contributed by atoms with van der Waals surface area (Å²) >= 11 is 0. The zero-order chi connectivity index (χ0) is 20.9. The van der Waals surface area contributed by atoms with Crippen molar-refractivity contribution in [3.8, 4) is 11.1 Å². The molecule has 1 aliphatic rings. The molecule has 1 aliphatic carbocycles. The third-order valence-electron chi connectivity index (χ3n) is 4.16. The number of ketones is 1. The quantitative estimate of drug-likeness (QED) is 0.633. The summed E-state index contributed by atoms with van der Waals surface area (Å²) in [6.45, 7) is 6.83. The van der Waals surface area contributed by atoms with E-state index in [4.69, 9.17) is 0 Å². The second-order valence-electron chi connectivity index (χ2n) is 7.30. The van der Waals surface area contributed by atoms with Crippen molar-refractivity contribution in [3.63, 3.8) is 0 Å². The first-order valence-electron chi connectivity index (χ1n) is 8.80. The number of benzene rings is 2. The van der Waals surface area contributed by atoms with Gasteiger partial charge < -0.3 is 0 Å². The molecule has 0 atom stereocenters. The molecule has 0 saturated carbocycles. The molecule has 9 heteroatoms. The van der Waals surface area contributed by atoms with Crippen LogP contribution in [0.3, 0.4) is 0 Å². The smallest absolute Gasteiger partial charge is 0.240 e. The van der Waals surface area contributed by atoms with Gasteiger partial charge in [0.1, 0.15) is 0 Å². The maximum absolute atomic E-state index is 12.9. The van der Waals surface area contributed by atoms with Crippen LogP contribution in [0.15, 0.2) is 46.2 Å². The zero-order valence-corrected chi connectivity index (χ0v) is 17.6. The zero-order valence-electron chi connectivity index (χ0n) is 16.0. The van der Waals surface area contributed by atoms with Gasteiger partial charge >= 0.3 is 0 Å². The molecule has 2 aromatic carbocycles. The molecular weight excluding hydrogens is 400 g/mol. The van der Waals surface area contributed by atoms with Crippen molar-refractivity contribution < 1.29 is 21.6 Å². The van der Waals surface area contributed by atoms with Gasteiger partial charge in [0.15, 0.2) is 5.78 Å². The van der Waals surface area contributed by atoms with Crippen molar-refractivity contribution >= 4 is 25.8 Å². The number of carbonyl (C=O) groups excluding carboxylic acids is 1. The third kappa shape index (κ3) is 3.75. The highest BCUT2D eigenvalue weighted by Gasteiger charge is 2.30. The number of nitrogens with one attached hydrogen (secondary N) is 2. The Kier molecular flexibility index (Phi) is 5.22. The summed E-state index contributed by atoms with van der Waals surface area (Å²) in [5, 5.41) is 0. The summed E-state index contributed by atoms with van der Waals surface area (Å²) in [4.78, 5) is 12.9. The molecule has 0 fully saturated rings. The topological polar surface area (TPSA) is 109 Å². The van der Waals surface area contributed by atoms with Gasteiger partial charge in [0.05, 0.1) is 9.79 Å². The Morgan fingerprint density at radius 1 is 0.643 bits per heavy atom. The van der Waals surface area contributed by atoms with Crippen molar-refractivity contribution in [3.05, 3.63) is 47.5 Å². The number of fused-ring (bicyclic) bond motifs is 3. The van der Waals surface area contributed by atoms with Crippen LogP contribution < -0.4 is 9.44 Å². The maximum atomic E-state index is 12.9. The van der Waals surface area contributed by atoms with Gasteiger partial charge in [-0.3, -0.25) is 4.79 Å². The SMILES string of the molecule is CC(C)NS(=O)(=O)c1ccc2c(c1)C(=O)c1cc(S(=O)(=O)NC(C)C)ccc1-2. The molecule has 2 aromatic rings. The molecule has 150 valence electrons. The molecule has 2 N–H and O–H groups in total. The van der Waals surface area contributed by atoms with Gasteiger partial charge in [-0.2, -0.15) is 0 Å². The first-order valence-corrected chi connectivity index (χ1v) is 11.8. The first kappa shape index (κ1) is 20.7. The Balaban J connectivity index is 2.05. The van der Waals surface area contributed by atoms with Gasteiger partial charge in [0.25, 0.3) is 0 Å². The molecule has 7 nitrogen and oxygen atoms in total. The summed E-state index contributed by atoms with van der Waals surface area (Å²) in [6.07, 6.45) is 0. The highest BCUT2D eigenvalue weighted by molar-refractivity contribution is 7.89. The van der Waals surface area contributed by atoms with E-state index in [1.165, 1.54) is 24.3 Å². The largest absolute Gasteiger partial charge is 0.289 e. The van der Waals surface area contributed by atoms with E-state index in [-0.39, 0.29) is 33.0 Å². The fourth-order valence-electron chi connectivity index (χ4n) is 3.13. The molecule has 0 unspecified atom stereocenters. The monoisotopic (exact) mass is 422 g/mol. The van der Waals surface area contributed by atoms with E-state index in [1.807, 2.05) is 0 Å². The van der Waals surface area contributed by atoms with Gasteiger partial charge in [-0.05, 0) is 63.1 Å². The lowest BCUT2D eigenvalue weighted by molar-refractivity contribution is 0.104. The minimum Gasteiger partial charge on any atom is -0.289 e. The van der Waals surface area contributed by atoms with Crippen LogP contribution in [-0.4, -0.2) is 34.7 Å². The van der Waals surface area contributed by atoms with E-state index >= 15 is 0 Å². The van der Waals surface area contributed by atoms with Gasteiger partial charge in [0, 0.05) is 23.2 Å². The predicted molar refractivity (Wildman–Crippen MR) is 106 cm³/mol. The standard InChI is InChI=1S/C19H22N2O5S2/c1-11(2)20-27(23,24)13-5-7-15-16-8-6-14(28(25,26)21-12(3)4)10-18(16)19(22)17(15)9-13/h5-12,20-21H,1-4H3. The Morgan fingerprint density at radius 2 is 1.00 bits per heavy atom. The number of carbonyl (C=O) groups is 1. The minimum absolute atomic E-state index is 0.00424. The van der Waals surface area contributed by atoms with Crippen LogP contribution in [0, 0.1) is 0 Å². The van der Waals surface area contributed by atoms with E-state index < -0.39 is 25.8 Å². The number of hydrogen-bond acceptors (Lipinski definition) is 5. The molecule has 0 amide bonds. The summed E-state index contributed by atoms with van der Waals surface area (Å²) in [5.41, 5.74) is 1.66. The molecule has 0 aromatic heterocycles. The molecule has 0 heterocycles. The van der Waals surface area contributed by atoms with E-state index in [0.717, 1.165) is 0 Å². The number of hydrogen-bond donors (Lipinski definition) is 2. The van der Waals surface area contributed by atoms with Crippen molar-refractivity contribution in [2.24, 2.45) is 0 Å². The summed E-state index contributed by atoms with van der Waals surface area (Å²) in [6, 6.07) is 8.14. The normalized spacial score (nSPS) is 13.9. The second-order valence-corrected chi connectivity index (χ2v) is 10.7. The number of sulfonamides is 2. The van der Waals surface area contributed by atoms with Gasteiger partial charge in [-0.15, -0.1) is 0 Å². The highest BCUT2D eigenvalue weighted by Crippen LogP contribution is 2.38. The highest BCUT2D eigenvalue weighted by atomic mass is 32.2. The van der Waals surface area contributed by atoms with Gasteiger partial charge in [-0.25, -0.2) is 26.3 Å². The van der Waals surface area contributed by atoms with E-state index in [1.54, 1.807) is 39.8 Å². The lowest BCUT2D eigenvalue weighted by Gasteiger charge is -2.11. The lowest BCUT2D eigenvalue weighted by Crippen LogP contribution is -2.30.